The molecule has 0 bridgehead atoms. The number of primary amides is 1. The molecule has 1 aliphatic rings. The second-order valence-electron chi connectivity index (χ2n) is 6.29. The van der Waals surface area contributed by atoms with Crippen LogP contribution in [0.25, 0.3) is 0 Å². The Morgan fingerprint density at radius 3 is 2.68 bits per heavy atom. The lowest BCUT2D eigenvalue weighted by molar-refractivity contribution is -0.123. The second kappa shape index (κ2) is 4.53. The molecule has 0 saturated carbocycles. The van der Waals surface area contributed by atoms with Crippen LogP contribution in [0.1, 0.15) is 45.7 Å². The number of hydrogen-bond acceptors (Lipinski definition) is 3. The number of carbonyl (C=O) groups excluding carboxylic acids is 1. The van der Waals surface area contributed by atoms with E-state index in [1.807, 2.05) is 24.3 Å². The average molecular weight is 262 g/mol. The van der Waals surface area contributed by atoms with Crippen LogP contribution in [0.3, 0.4) is 0 Å². The molecule has 0 radical (unpaired) electrons. The fraction of sp³-hybridized carbons (Fsp3) is 0.533. The molecular formula is C15H22N2O2. The number of benzene rings is 1. The molecule has 0 aliphatic carbocycles. The first-order valence-electron chi connectivity index (χ1n) is 6.57. The maximum atomic E-state index is 11.5. The standard InChI is InChI=1S/C15H22N2O2/c1-14(2)9-11(17-15(3,4)13(16)18)10-7-5-6-8-12(10)19-14/h5-8,11,17H,9H2,1-4H3,(H2,16,18). The van der Waals surface area contributed by atoms with Crippen LogP contribution >= 0.6 is 0 Å². The second-order valence-corrected chi connectivity index (χ2v) is 6.29. The van der Waals surface area contributed by atoms with E-state index in [0.29, 0.717) is 0 Å². The van der Waals surface area contributed by atoms with Crippen molar-refractivity contribution in [3.63, 3.8) is 0 Å². The summed E-state index contributed by atoms with van der Waals surface area (Å²) >= 11 is 0. The fourth-order valence-electron chi connectivity index (χ4n) is 2.44. The van der Waals surface area contributed by atoms with Crippen molar-refractivity contribution in [3.8, 4) is 5.75 Å². The molecule has 1 aromatic carbocycles. The summed E-state index contributed by atoms with van der Waals surface area (Å²) in [7, 11) is 0. The molecule has 104 valence electrons. The molecule has 3 N–H and O–H groups in total. The van der Waals surface area contributed by atoms with Gasteiger partial charge in [0.05, 0.1) is 5.54 Å². The van der Waals surface area contributed by atoms with Gasteiger partial charge in [-0.1, -0.05) is 18.2 Å². The number of fused-ring (bicyclic) bond motifs is 1. The fourth-order valence-corrected chi connectivity index (χ4v) is 2.44. The third-order valence-corrected chi connectivity index (χ3v) is 3.53. The Bertz CT molecular complexity index is 495. The van der Waals surface area contributed by atoms with E-state index in [1.54, 1.807) is 13.8 Å². The third-order valence-electron chi connectivity index (χ3n) is 3.53. The number of ether oxygens (including phenoxy) is 1. The van der Waals surface area contributed by atoms with Crippen LogP contribution in [-0.2, 0) is 4.79 Å². The van der Waals surface area contributed by atoms with Gasteiger partial charge in [-0.25, -0.2) is 0 Å². The smallest absolute Gasteiger partial charge is 0.237 e. The van der Waals surface area contributed by atoms with Crippen molar-refractivity contribution >= 4 is 5.91 Å². The summed E-state index contributed by atoms with van der Waals surface area (Å²) in [6.07, 6.45) is 0.792. The monoisotopic (exact) mass is 262 g/mol. The van der Waals surface area contributed by atoms with Gasteiger partial charge in [-0.15, -0.1) is 0 Å². The van der Waals surface area contributed by atoms with Crippen LogP contribution < -0.4 is 15.8 Å². The summed E-state index contributed by atoms with van der Waals surface area (Å²) in [5.74, 6) is 0.519. The molecule has 1 atom stereocenters. The van der Waals surface area contributed by atoms with E-state index in [-0.39, 0.29) is 17.6 Å². The van der Waals surface area contributed by atoms with Gasteiger partial charge in [-0.05, 0) is 33.8 Å². The molecule has 19 heavy (non-hydrogen) atoms. The quantitative estimate of drug-likeness (QED) is 0.877. The van der Waals surface area contributed by atoms with Crippen LogP contribution in [0.15, 0.2) is 24.3 Å². The van der Waals surface area contributed by atoms with Crippen LogP contribution in [0, 0.1) is 0 Å². The largest absolute Gasteiger partial charge is 0.487 e. The van der Waals surface area contributed by atoms with Crippen LogP contribution in [-0.4, -0.2) is 17.0 Å². The molecule has 0 aromatic heterocycles. The van der Waals surface area contributed by atoms with Gasteiger partial charge in [-0.3, -0.25) is 10.1 Å². The molecule has 4 heteroatoms. The number of para-hydroxylation sites is 1. The van der Waals surface area contributed by atoms with Crippen molar-refractivity contribution in [2.75, 3.05) is 0 Å². The Hall–Kier alpha value is -1.55. The number of rotatable bonds is 3. The van der Waals surface area contributed by atoms with Gasteiger partial charge < -0.3 is 10.5 Å². The summed E-state index contributed by atoms with van der Waals surface area (Å²) in [5.41, 5.74) is 5.51. The highest BCUT2D eigenvalue weighted by Gasteiger charge is 2.37. The summed E-state index contributed by atoms with van der Waals surface area (Å²) in [6.45, 7) is 7.71. The van der Waals surface area contributed by atoms with E-state index in [9.17, 15) is 4.79 Å². The molecule has 0 saturated heterocycles. The minimum absolute atomic E-state index is 0.0578. The number of amides is 1. The molecule has 4 nitrogen and oxygen atoms in total. The summed E-state index contributed by atoms with van der Waals surface area (Å²) in [6, 6.07) is 7.98. The molecule has 1 aliphatic heterocycles. The first-order chi connectivity index (χ1) is 8.71. The first kappa shape index (κ1) is 13.9. The molecule has 1 unspecified atom stereocenters. The van der Waals surface area contributed by atoms with Gasteiger partial charge in [0, 0.05) is 18.0 Å². The highest BCUT2D eigenvalue weighted by Crippen LogP contribution is 2.39. The molecular weight excluding hydrogens is 240 g/mol. The zero-order valence-corrected chi connectivity index (χ0v) is 12.0. The molecule has 0 spiro atoms. The van der Waals surface area contributed by atoms with Crippen molar-refractivity contribution in [1.29, 1.82) is 0 Å². The molecule has 1 aromatic rings. The van der Waals surface area contributed by atoms with Crippen molar-refractivity contribution < 1.29 is 9.53 Å². The molecule has 2 rings (SSSR count). The van der Waals surface area contributed by atoms with Crippen molar-refractivity contribution in [1.82, 2.24) is 5.32 Å². The van der Waals surface area contributed by atoms with Crippen molar-refractivity contribution in [3.05, 3.63) is 29.8 Å². The van der Waals surface area contributed by atoms with Crippen molar-refractivity contribution in [2.45, 2.75) is 51.3 Å². The minimum Gasteiger partial charge on any atom is -0.487 e. The maximum Gasteiger partial charge on any atom is 0.237 e. The van der Waals surface area contributed by atoms with E-state index < -0.39 is 5.54 Å². The number of nitrogens with one attached hydrogen (secondary N) is 1. The summed E-state index contributed by atoms with van der Waals surface area (Å²) in [4.78, 5) is 11.5. The first-order valence-corrected chi connectivity index (χ1v) is 6.57. The van der Waals surface area contributed by atoms with Gasteiger partial charge in [0.2, 0.25) is 5.91 Å². The zero-order valence-electron chi connectivity index (χ0n) is 12.0. The Morgan fingerprint density at radius 1 is 1.42 bits per heavy atom. The van der Waals surface area contributed by atoms with E-state index in [2.05, 4.69) is 19.2 Å². The SMILES string of the molecule is CC1(C)CC(NC(C)(C)C(N)=O)c2ccccc2O1. The van der Waals surface area contributed by atoms with Gasteiger partial charge in [0.1, 0.15) is 11.4 Å². The van der Waals surface area contributed by atoms with E-state index in [0.717, 1.165) is 17.7 Å². The van der Waals surface area contributed by atoms with Crippen molar-refractivity contribution in [2.24, 2.45) is 5.73 Å². The van der Waals surface area contributed by atoms with Gasteiger partial charge in [-0.2, -0.15) is 0 Å². The summed E-state index contributed by atoms with van der Waals surface area (Å²) < 4.78 is 5.97. The third kappa shape index (κ3) is 2.89. The lowest BCUT2D eigenvalue weighted by Crippen LogP contribution is -2.54. The van der Waals surface area contributed by atoms with Crippen LogP contribution in [0.5, 0.6) is 5.75 Å². The Morgan fingerprint density at radius 2 is 2.05 bits per heavy atom. The van der Waals surface area contributed by atoms with Gasteiger partial charge in [0.25, 0.3) is 0 Å². The van der Waals surface area contributed by atoms with E-state index in [4.69, 9.17) is 10.5 Å². The highest BCUT2D eigenvalue weighted by molar-refractivity contribution is 5.83. The maximum absolute atomic E-state index is 11.5. The normalized spacial score (nSPS) is 21.4. The van der Waals surface area contributed by atoms with Gasteiger partial charge in [0.15, 0.2) is 0 Å². The Balaban J connectivity index is 2.33. The Labute approximate surface area is 114 Å². The lowest BCUT2D eigenvalue weighted by atomic mass is 9.88. The van der Waals surface area contributed by atoms with E-state index >= 15 is 0 Å². The number of carbonyl (C=O) groups is 1. The molecule has 1 amide bonds. The van der Waals surface area contributed by atoms with Crippen LogP contribution in [0.4, 0.5) is 0 Å². The Kier molecular flexibility index (Phi) is 3.31. The van der Waals surface area contributed by atoms with Gasteiger partial charge >= 0.3 is 0 Å². The minimum atomic E-state index is -0.745. The zero-order chi connectivity index (χ0) is 14.3. The van der Waals surface area contributed by atoms with E-state index in [1.165, 1.54) is 0 Å². The number of hydrogen-bond donors (Lipinski definition) is 2. The molecule has 1 heterocycles. The van der Waals surface area contributed by atoms with Crippen LogP contribution in [0.2, 0.25) is 0 Å². The predicted molar refractivity (Wildman–Crippen MR) is 74.9 cm³/mol. The highest BCUT2D eigenvalue weighted by atomic mass is 16.5. The summed E-state index contributed by atoms with van der Waals surface area (Å²) in [5, 5.41) is 3.35. The lowest BCUT2D eigenvalue weighted by Gasteiger charge is -2.40. The average Bonchev–Trinajstić information content (AvgIpc) is 2.26. The predicted octanol–water partition coefficient (Wildman–Crippen LogP) is 2.14. The molecule has 0 fully saturated rings. The topological polar surface area (TPSA) is 64.3 Å². The number of nitrogens with two attached hydrogens (primary N) is 1.